The Bertz CT molecular complexity index is 818. The van der Waals surface area contributed by atoms with Crippen LogP contribution >= 0.6 is 0 Å². The number of sulfonamides is 1. The molecule has 1 fully saturated rings. The number of anilines is 1. The molecule has 1 aliphatic rings. The lowest BCUT2D eigenvalue weighted by molar-refractivity contribution is 0.385. The second-order valence-electron chi connectivity index (χ2n) is 6.55. The van der Waals surface area contributed by atoms with Gasteiger partial charge in [0.15, 0.2) is 0 Å². The molecule has 1 saturated heterocycles. The first-order chi connectivity index (χ1) is 11.4. The second kappa shape index (κ2) is 6.57. The predicted molar refractivity (Wildman–Crippen MR) is 98.1 cm³/mol. The Labute approximate surface area is 144 Å². The Morgan fingerprint density at radius 3 is 2.00 bits per heavy atom. The SMILES string of the molecule is Cc1cc(C)cc(N2CCN(S(=O)(=O)c3cccc(C)c3)CC2)c1. The zero-order valence-electron chi connectivity index (χ0n) is 14.5. The van der Waals surface area contributed by atoms with E-state index < -0.39 is 10.0 Å². The van der Waals surface area contributed by atoms with Crippen molar-refractivity contribution in [2.24, 2.45) is 0 Å². The highest BCUT2D eigenvalue weighted by Gasteiger charge is 2.28. The van der Waals surface area contributed by atoms with Crippen molar-refractivity contribution in [1.82, 2.24) is 4.31 Å². The molecule has 0 spiro atoms. The fourth-order valence-corrected chi connectivity index (χ4v) is 4.77. The van der Waals surface area contributed by atoms with Crippen molar-refractivity contribution < 1.29 is 8.42 Å². The molecule has 0 N–H and O–H groups in total. The Hall–Kier alpha value is -1.85. The quantitative estimate of drug-likeness (QED) is 0.859. The summed E-state index contributed by atoms with van der Waals surface area (Å²) in [6, 6.07) is 13.6. The molecule has 0 amide bonds. The van der Waals surface area contributed by atoms with E-state index in [2.05, 4.69) is 36.9 Å². The lowest BCUT2D eigenvalue weighted by Crippen LogP contribution is -2.48. The maximum atomic E-state index is 12.8. The zero-order valence-corrected chi connectivity index (χ0v) is 15.3. The molecule has 128 valence electrons. The van der Waals surface area contributed by atoms with Crippen LogP contribution in [0.5, 0.6) is 0 Å². The summed E-state index contributed by atoms with van der Waals surface area (Å²) in [5.41, 5.74) is 4.62. The van der Waals surface area contributed by atoms with Gasteiger partial charge in [-0.05, 0) is 61.7 Å². The van der Waals surface area contributed by atoms with Gasteiger partial charge in [0.05, 0.1) is 4.90 Å². The van der Waals surface area contributed by atoms with Crippen LogP contribution in [0.4, 0.5) is 5.69 Å². The molecule has 0 aliphatic carbocycles. The van der Waals surface area contributed by atoms with Crippen LogP contribution in [0.2, 0.25) is 0 Å². The Balaban J connectivity index is 1.75. The van der Waals surface area contributed by atoms with Gasteiger partial charge in [0, 0.05) is 31.9 Å². The van der Waals surface area contributed by atoms with Crippen molar-refractivity contribution >= 4 is 15.7 Å². The van der Waals surface area contributed by atoms with Gasteiger partial charge in [-0.15, -0.1) is 0 Å². The van der Waals surface area contributed by atoms with Crippen molar-refractivity contribution in [3.63, 3.8) is 0 Å². The summed E-state index contributed by atoms with van der Waals surface area (Å²) in [6.07, 6.45) is 0. The fraction of sp³-hybridized carbons (Fsp3) is 0.368. The van der Waals surface area contributed by atoms with E-state index in [1.807, 2.05) is 13.0 Å². The number of benzene rings is 2. The molecular formula is C19H24N2O2S. The maximum absolute atomic E-state index is 12.8. The molecular weight excluding hydrogens is 320 g/mol. The monoisotopic (exact) mass is 344 g/mol. The molecule has 0 aromatic heterocycles. The highest BCUT2D eigenvalue weighted by atomic mass is 32.2. The number of aryl methyl sites for hydroxylation is 3. The second-order valence-corrected chi connectivity index (χ2v) is 8.49. The zero-order chi connectivity index (χ0) is 17.3. The number of hydrogen-bond acceptors (Lipinski definition) is 3. The first-order valence-corrected chi connectivity index (χ1v) is 9.70. The molecule has 2 aromatic rings. The molecule has 24 heavy (non-hydrogen) atoms. The average Bonchev–Trinajstić information content (AvgIpc) is 2.54. The number of piperazine rings is 1. The summed E-state index contributed by atoms with van der Waals surface area (Å²) in [4.78, 5) is 2.66. The number of rotatable bonds is 3. The van der Waals surface area contributed by atoms with Crippen LogP contribution in [0.15, 0.2) is 47.4 Å². The van der Waals surface area contributed by atoms with Crippen LogP contribution in [-0.4, -0.2) is 38.9 Å². The average molecular weight is 344 g/mol. The molecule has 0 unspecified atom stereocenters. The molecule has 0 bridgehead atoms. The molecule has 3 rings (SSSR count). The van der Waals surface area contributed by atoms with Gasteiger partial charge in [-0.2, -0.15) is 4.31 Å². The van der Waals surface area contributed by atoms with Gasteiger partial charge in [0.1, 0.15) is 0 Å². The molecule has 1 aliphatic heterocycles. The first-order valence-electron chi connectivity index (χ1n) is 8.26. The highest BCUT2D eigenvalue weighted by molar-refractivity contribution is 7.89. The Morgan fingerprint density at radius 2 is 1.42 bits per heavy atom. The van der Waals surface area contributed by atoms with Gasteiger partial charge in [-0.25, -0.2) is 8.42 Å². The Morgan fingerprint density at radius 1 is 0.792 bits per heavy atom. The van der Waals surface area contributed by atoms with Crippen LogP contribution in [0.1, 0.15) is 16.7 Å². The number of nitrogens with zero attached hydrogens (tertiary/aromatic N) is 2. The van der Waals surface area contributed by atoms with Crippen molar-refractivity contribution in [2.45, 2.75) is 25.7 Å². The van der Waals surface area contributed by atoms with Gasteiger partial charge >= 0.3 is 0 Å². The van der Waals surface area contributed by atoms with Crippen LogP contribution < -0.4 is 4.90 Å². The molecule has 0 saturated carbocycles. The predicted octanol–water partition coefficient (Wildman–Crippen LogP) is 3.12. The lowest BCUT2D eigenvalue weighted by Gasteiger charge is -2.35. The third-order valence-corrected chi connectivity index (χ3v) is 6.33. The molecule has 1 heterocycles. The summed E-state index contributed by atoms with van der Waals surface area (Å²) in [7, 11) is -3.40. The van der Waals surface area contributed by atoms with E-state index in [0.29, 0.717) is 31.1 Å². The van der Waals surface area contributed by atoms with Gasteiger partial charge in [-0.3, -0.25) is 0 Å². The van der Waals surface area contributed by atoms with Crippen LogP contribution in [0, 0.1) is 20.8 Å². The van der Waals surface area contributed by atoms with E-state index in [4.69, 9.17) is 0 Å². The van der Waals surface area contributed by atoms with E-state index in [1.54, 1.807) is 22.5 Å². The van der Waals surface area contributed by atoms with Gasteiger partial charge in [0.2, 0.25) is 10.0 Å². The summed E-state index contributed by atoms with van der Waals surface area (Å²) in [5, 5.41) is 0. The smallest absolute Gasteiger partial charge is 0.243 e. The van der Waals surface area contributed by atoms with Gasteiger partial charge < -0.3 is 4.90 Å². The molecule has 4 nitrogen and oxygen atoms in total. The molecule has 5 heteroatoms. The van der Waals surface area contributed by atoms with Crippen molar-refractivity contribution in [3.8, 4) is 0 Å². The van der Waals surface area contributed by atoms with Gasteiger partial charge in [-0.1, -0.05) is 18.2 Å². The van der Waals surface area contributed by atoms with Crippen LogP contribution in [-0.2, 0) is 10.0 Å². The summed E-state index contributed by atoms with van der Waals surface area (Å²) in [6.45, 7) is 8.56. The minimum absolute atomic E-state index is 0.391. The van der Waals surface area contributed by atoms with E-state index in [1.165, 1.54) is 16.8 Å². The third kappa shape index (κ3) is 3.47. The number of hydrogen-bond donors (Lipinski definition) is 0. The van der Waals surface area contributed by atoms with Gasteiger partial charge in [0.25, 0.3) is 0 Å². The summed E-state index contributed by atoms with van der Waals surface area (Å²) >= 11 is 0. The molecule has 0 radical (unpaired) electrons. The molecule has 2 aromatic carbocycles. The van der Waals surface area contributed by atoms with E-state index in [9.17, 15) is 8.42 Å². The topological polar surface area (TPSA) is 40.6 Å². The van der Waals surface area contributed by atoms with Crippen LogP contribution in [0.3, 0.4) is 0 Å². The Kier molecular flexibility index (Phi) is 4.65. The third-order valence-electron chi connectivity index (χ3n) is 4.44. The lowest BCUT2D eigenvalue weighted by atomic mass is 10.1. The highest BCUT2D eigenvalue weighted by Crippen LogP contribution is 2.23. The van der Waals surface area contributed by atoms with E-state index in [0.717, 1.165) is 5.56 Å². The van der Waals surface area contributed by atoms with Crippen LogP contribution in [0.25, 0.3) is 0 Å². The van der Waals surface area contributed by atoms with Crippen molar-refractivity contribution in [2.75, 3.05) is 31.1 Å². The van der Waals surface area contributed by atoms with E-state index in [-0.39, 0.29) is 0 Å². The molecule has 0 atom stereocenters. The van der Waals surface area contributed by atoms with Crippen molar-refractivity contribution in [3.05, 3.63) is 59.2 Å². The maximum Gasteiger partial charge on any atom is 0.243 e. The normalized spacial score (nSPS) is 16.4. The largest absolute Gasteiger partial charge is 0.369 e. The minimum atomic E-state index is -3.40. The fourth-order valence-electron chi connectivity index (χ4n) is 3.24. The minimum Gasteiger partial charge on any atom is -0.369 e. The standard InChI is InChI=1S/C19H24N2O2S/c1-15-5-4-6-19(14-15)24(22,23)21-9-7-20(8-10-21)18-12-16(2)11-17(3)13-18/h4-6,11-14H,7-10H2,1-3H3. The summed E-state index contributed by atoms with van der Waals surface area (Å²) < 4.78 is 27.2. The summed E-state index contributed by atoms with van der Waals surface area (Å²) in [5.74, 6) is 0. The first kappa shape index (κ1) is 17.0. The van der Waals surface area contributed by atoms with E-state index >= 15 is 0 Å². The van der Waals surface area contributed by atoms with Crippen molar-refractivity contribution in [1.29, 1.82) is 0 Å².